The third-order valence-corrected chi connectivity index (χ3v) is 5.84. The fourth-order valence-corrected chi connectivity index (χ4v) is 4.40. The van der Waals surface area contributed by atoms with Gasteiger partial charge in [-0.15, -0.1) is 0 Å². The summed E-state index contributed by atoms with van der Waals surface area (Å²) in [5.41, 5.74) is 2.81. The van der Waals surface area contributed by atoms with Gasteiger partial charge in [-0.1, -0.05) is 47.5 Å². The van der Waals surface area contributed by atoms with Gasteiger partial charge >= 0.3 is 0 Å². The lowest BCUT2D eigenvalue weighted by atomic mass is 10.0. The maximum Gasteiger partial charge on any atom is 0.282 e. The Balaban J connectivity index is 1.88. The summed E-state index contributed by atoms with van der Waals surface area (Å²) in [7, 11) is 0. The molecule has 2 amide bonds. The molecule has 0 aromatic heterocycles. The fraction of sp³-hybridized carbons (Fsp3) is 0.273. The Hall–Kier alpha value is -2.30. The lowest BCUT2D eigenvalue weighted by Gasteiger charge is -2.29. The van der Waals surface area contributed by atoms with Gasteiger partial charge in [0.05, 0.1) is 16.3 Å². The molecule has 0 spiro atoms. The molecule has 2 aliphatic rings. The summed E-state index contributed by atoms with van der Waals surface area (Å²) in [5.74, 6) is -0.633. The van der Waals surface area contributed by atoms with Crippen molar-refractivity contribution in [1.82, 2.24) is 4.90 Å². The highest BCUT2D eigenvalue weighted by molar-refractivity contribution is 6.47. The van der Waals surface area contributed by atoms with Gasteiger partial charge in [0.25, 0.3) is 11.8 Å². The topological polar surface area (TPSA) is 40.6 Å². The summed E-state index contributed by atoms with van der Waals surface area (Å²) in [6.07, 6.45) is 3.12. The Morgan fingerprint density at radius 2 is 1.61 bits per heavy atom. The van der Waals surface area contributed by atoms with E-state index in [9.17, 15) is 9.59 Å². The van der Waals surface area contributed by atoms with Crippen LogP contribution in [-0.2, 0) is 9.59 Å². The zero-order valence-corrected chi connectivity index (χ0v) is 17.1. The predicted molar refractivity (Wildman–Crippen MR) is 112 cm³/mol. The molecule has 144 valence electrons. The van der Waals surface area contributed by atoms with E-state index >= 15 is 0 Å². The lowest BCUT2D eigenvalue weighted by molar-refractivity contribution is -0.120. The van der Waals surface area contributed by atoms with Crippen molar-refractivity contribution in [3.05, 3.63) is 69.3 Å². The standard InChI is InChI=1S/C22H20Cl2N2O2/c1-14-7-3-4-8-18(14)26-21(27)19(16-10-9-15(23)13-17(16)24)20(22(26)28)25-11-5-2-6-12-25/h3-4,7-10,13H,2,5-6,11-12H2,1H3. The van der Waals surface area contributed by atoms with Gasteiger partial charge in [-0.2, -0.15) is 0 Å². The van der Waals surface area contributed by atoms with Crippen LogP contribution in [0.1, 0.15) is 30.4 Å². The van der Waals surface area contributed by atoms with Crippen LogP contribution in [0.5, 0.6) is 0 Å². The first-order valence-corrected chi connectivity index (χ1v) is 10.1. The number of para-hydroxylation sites is 1. The highest BCUT2D eigenvalue weighted by Crippen LogP contribution is 2.39. The Bertz CT molecular complexity index is 994. The number of imide groups is 1. The number of hydrogen-bond acceptors (Lipinski definition) is 3. The molecule has 0 unspecified atom stereocenters. The molecule has 0 aliphatic carbocycles. The monoisotopic (exact) mass is 414 g/mol. The number of amides is 2. The van der Waals surface area contributed by atoms with Crippen molar-refractivity contribution >= 4 is 46.3 Å². The molecular weight excluding hydrogens is 395 g/mol. The number of carbonyl (C=O) groups is 2. The average molecular weight is 415 g/mol. The molecule has 4 nitrogen and oxygen atoms in total. The van der Waals surface area contributed by atoms with E-state index in [0.717, 1.165) is 37.9 Å². The molecular formula is C22H20Cl2N2O2. The van der Waals surface area contributed by atoms with Crippen LogP contribution in [0.25, 0.3) is 5.57 Å². The average Bonchev–Trinajstić information content (AvgIpc) is 2.93. The Kier molecular flexibility index (Phi) is 5.17. The van der Waals surface area contributed by atoms with Gasteiger partial charge in [-0.3, -0.25) is 9.59 Å². The van der Waals surface area contributed by atoms with Crippen LogP contribution in [0.2, 0.25) is 10.0 Å². The number of likely N-dealkylation sites (tertiary alicyclic amines) is 1. The molecule has 28 heavy (non-hydrogen) atoms. The zero-order chi connectivity index (χ0) is 19.8. The number of halogens is 2. The second-order valence-electron chi connectivity index (χ2n) is 7.13. The summed E-state index contributed by atoms with van der Waals surface area (Å²) in [6.45, 7) is 3.40. The van der Waals surface area contributed by atoms with Crippen LogP contribution in [0, 0.1) is 6.92 Å². The van der Waals surface area contributed by atoms with Gasteiger partial charge in [0, 0.05) is 23.7 Å². The van der Waals surface area contributed by atoms with Gasteiger partial charge in [0.1, 0.15) is 5.70 Å². The number of nitrogens with zero attached hydrogens (tertiary/aromatic N) is 2. The highest BCUT2D eigenvalue weighted by atomic mass is 35.5. The number of piperidine rings is 1. The highest BCUT2D eigenvalue weighted by Gasteiger charge is 2.43. The van der Waals surface area contributed by atoms with Gasteiger partial charge < -0.3 is 4.90 Å². The number of aryl methyl sites for hydroxylation is 1. The summed E-state index contributed by atoms with van der Waals surface area (Å²) in [6, 6.07) is 12.4. The number of benzene rings is 2. The third kappa shape index (κ3) is 3.21. The van der Waals surface area contributed by atoms with Crippen LogP contribution < -0.4 is 4.90 Å². The minimum Gasteiger partial charge on any atom is -0.366 e. The van der Waals surface area contributed by atoms with Crippen LogP contribution in [0.3, 0.4) is 0 Å². The smallest absolute Gasteiger partial charge is 0.282 e. The van der Waals surface area contributed by atoms with E-state index in [2.05, 4.69) is 0 Å². The fourth-order valence-electron chi connectivity index (χ4n) is 3.90. The van der Waals surface area contributed by atoms with E-state index in [-0.39, 0.29) is 11.8 Å². The van der Waals surface area contributed by atoms with Crippen molar-refractivity contribution in [2.45, 2.75) is 26.2 Å². The second kappa shape index (κ2) is 7.61. The predicted octanol–water partition coefficient (Wildman–Crippen LogP) is 5.07. The molecule has 0 N–H and O–H groups in total. The summed E-state index contributed by atoms with van der Waals surface area (Å²) in [5, 5.41) is 0.853. The van der Waals surface area contributed by atoms with Gasteiger partial charge in [-0.05, 0) is 49.9 Å². The third-order valence-electron chi connectivity index (χ3n) is 5.29. The van der Waals surface area contributed by atoms with E-state index in [4.69, 9.17) is 23.2 Å². The van der Waals surface area contributed by atoms with Crippen LogP contribution in [-0.4, -0.2) is 29.8 Å². The maximum absolute atomic E-state index is 13.5. The molecule has 2 heterocycles. The molecule has 1 fully saturated rings. The van der Waals surface area contributed by atoms with E-state index in [1.165, 1.54) is 4.90 Å². The molecule has 0 atom stereocenters. The van der Waals surface area contributed by atoms with Crippen LogP contribution in [0.4, 0.5) is 5.69 Å². The summed E-state index contributed by atoms with van der Waals surface area (Å²) in [4.78, 5) is 30.3. The number of rotatable bonds is 3. The number of hydrogen-bond donors (Lipinski definition) is 0. The van der Waals surface area contributed by atoms with E-state index < -0.39 is 0 Å². The molecule has 2 aromatic carbocycles. The van der Waals surface area contributed by atoms with Crippen molar-refractivity contribution in [1.29, 1.82) is 0 Å². The molecule has 2 aliphatic heterocycles. The van der Waals surface area contributed by atoms with Crippen LogP contribution in [0.15, 0.2) is 48.2 Å². The lowest BCUT2D eigenvalue weighted by Crippen LogP contribution is -2.37. The Morgan fingerprint density at radius 3 is 2.29 bits per heavy atom. The zero-order valence-electron chi connectivity index (χ0n) is 15.5. The quantitative estimate of drug-likeness (QED) is 0.657. The first-order chi connectivity index (χ1) is 13.5. The first-order valence-electron chi connectivity index (χ1n) is 9.38. The van der Waals surface area contributed by atoms with E-state index in [1.54, 1.807) is 24.3 Å². The van der Waals surface area contributed by atoms with E-state index in [1.807, 2.05) is 30.0 Å². The number of carbonyl (C=O) groups excluding carboxylic acids is 2. The number of anilines is 1. The van der Waals surface area contributed by atoms with Gasteiger partial charge in [0.2, 0.25) is 0 Å². The van der Waals surface area contributed by atoms with E-state index in [0.29, 0.717) is 32.6 Å². The SMILES string of the molecule is Cc1ccccc1N1C(=O)C(c2ccc(Cl)cc2Cl)=C(N2CCCCC2)C1=O. The minimum atomic E-state index is -0.343. The van der Waals surface area contributed by atoms with Crippen molar-refractivity contribution in [2.24, 2.45) is 0 Å². The first kappa shape index (κ1) is 19.0. The van der Waals surface area contributed by atoms with Gasteiger partial charge in [0.15, 0.2) is 0 Å². The molecule has 6 heteroatoms. The molecule has 0 radical (unpaired) electrons. The van der Waals surface area contributed by atoms with Gasteiger partial charge in [-0.25, -0.2) is 4.90 Å². The minimum absolute atomic E-state index is 0.290. The second-order valence-corrected chi connectivity index (χ2v) is 7.97. The molecule has 4 rings (SSSR count). The van der Waals surface area contributed by atoms with Crippen molar-refractivity contribution in [2.75, 3.05) is 18.0 Å². The van der Waals surface area contributed by atoms with Crippen molar-refractivity contribution < 1.29 is 9.59 Å². The van der Waals surface area contributed by atoms with Crippen molar-refractivity contribution in [3.8, 4) is 0 Å². The largest absolute Gasteiger partial charge is 0.366 e. The summed E-state index contributed by atoms with van der Waals surface area (Å²) >= 11 is 12.5. The molecule has 1 saturated heterocycles. The normalized spacial score (nSPS) is 17.7. The Labute approximate surface area is 174 Å². The van der Waals surface area contributed by atoms with Crippen LogP contribution >= 0.6 is 23.2 Å². The Morgan fingerprint density at radius 1 is 0.893 bits per heavy atom. The summed E-state index contributed by atoms with van der Waals surface area (Å²) < 4.78 is 0. The molecule has 0 saturated carbocycles. The molecule has 0 bridgehead atoms. The molecule has 2 aromatic rings. The van der Waals surface area contributed by atoms with Crippen molar-refractivity contribution in [3.63, 3.8) is 0 Å². The maximum atomic E-state index is 13.5.